The summed E-state index contributed by atoms with van der Waals surface area (Å²) >= 11 is 0. The first-order valence-corrected chi connectivity index (χ1v) is 10.2. The summed E-state index contributed by atoms with van der Waals surface area (Å²) < 4.78 is 16.7. The van der Waals surface area contributed by atoms with Crippen molar-refractivity contribution >= 4 is 13.7 Å². The van der Waals surface area contributed by atoms with E-state index >= 15 is 0 Å². The number of nitro groups is 1. The molecule has 26 heavy (non-hydrogen) atoms. The standard InChI is InChI=1S/C16H29N2O7P/c1-10(2)8-13(17-15(19)25-16(3,4)5)12-7-6-11(26(22,23)24)9-14(12)18(20)21/h6,10,12-14H,7-9H2,1-5H3,(H,17,19)(H2,22,23,24)/t12-,13+,14+/m1/s1. The van der Waals surface area contributed by atoms with E-state index in [4.69, 9.17) is 4.74 Å². The molecule has 0 bridgehead atoms. The number of alkyl carbamates (subject to hydrolysis) is 1. The number of ether oxygens (including phenoxy) is 1. The first kappa shape index (κ1) is 22.6. The molecule has 0 saturated heterocycles. The fourth-order valence-corrected chi connectivity index (χ4v) is 3.86. The molecule has 0 unspecified atom stereocenters. The fourth-order valence-electron chi connectivity index (χ4n) is 3.09. The number of rotatable bonds is 6. The third-order valence-electron chi connectivity index (χ3n) is 4.13. The average molecular weight is 392 g/mol. The summed E-state index contributed by atoms with van der Waals surface area (Å²) in [5.74, 6) is -0.412. The van der Waals surface area contributed by atoms with Crippen molar-refractivity contribution < 1.29 is 28.8 Å². The molecule has 9 nitrogen and oxygen atoms in total. The SMILES string of the molecule is CC(C)C[C@H](NC(=O)OC(C)(C)C)[C@H]1CC=C(P(=O)(O)O)C[C@@H]1[N+](=O)[O-]. The number of allylic oxidation sites excluding steroid dienone is 1. The summed E-state index contributed by atoms with van der Waals surface area (Å²) in [4.78, 5) is 41.8. The van der Waals surface area contributed by atoms with E-state index in [0.29, 0.717) is 6.42 Å². The average Bonchev–Trinajstić information content (AvgIpc) is 2.42. The highest BCUT2D eigenvalue weighted by atomic mass is 31.2. The van der Waals surface area contributed by atoms with E-state index in [2.05, 4.69) is 5.32 Å². The van der Waals surface area contributed by atoms with Crippen molar-refractivity contribution in [3.8, 4) is 0 Å². The van der Waals surface area contributed by atoms with Crippen LogP contribution < -0.4 is 5.32 Å². The van der Waals surface area contributed by atoms with Gasteiger partial charge in [-0.1, -0.05) is 19.9 Å². The molecule has 0 aliphatic heterocycles. The molecule has 3 N–H and O–H groups in total. The number of amides is 1. The molecule has 1 aliphatic rings. The number of hydrogen-bond donors (Lipinski definition) is 3. The van der Waals surface area contributed by atoms with Gasteiger partial charge in [0.05, 0.1) is 5.92 Å². The Hall–Kier alpha value is -1.44. The van der Waals surface area contributed by atoms with Crippen LogP contribution in [-0.4, -0.2) is 38.5 Å². The van der Waals surface area contributed by atoms with Gasteiger partial charge in [-0.25, -0.2) is 4.79 Å². The third kappa shape index (κ3) is 7.05. The van der Waals surface area contributed by atoms with E-state index in [9.17, 15) is 29.3 Å². The van der Waals surface area contributed by atoms with Crippen LogP contribution in [0.4, 0.5) is 4.79 Å². The summed E-state index contributed by atoms with van der Waals surface area (Å²) in [6, 6.07) is -1.71. The van der Waals surface area contributed by atoms with E-state index in [0.717, 1.165) is 0 Å². The maximum Gasteiger partial charge on any atom is 0.407 e. The molecule has 1 rings (SSSR count). The van der Waals surface area contributed by atoms with Crippen LogP contribution in [0.15, 0.2) is 11.4 Å². The number of nitrogens with one attached hydrogen (secondary N) is 1. The molecule has 10 heteroatoms. The summed E-state index contributed by atoms with van der Waals surface area (Å²) in [6.07, 6.45) is 0.990. The van der Waals surface area contributed by atoms with Crippen LogP contribution in [0.3, 0.4) is 0 Å². The second-order valence-corrected chi connectivity index (χ2v) is 9.74. The molecular formula is C16H29N2O7P. The Kier molecular flexibility index (Phi) is 7.39. The van der Waals surface area contributed by atoms with Crippen LogP contribution in [-0.2, 0) is 9.30 Å². The zero-order valence-corrected chi connectivity index (χ0v) is 16.7. The van der Waals surface area contributed by atoms with Crippen LogP contribution in [0, 0.1) is 22.0 Å². The number of carbonyl (C=O) groups is 1. The van der Waals surface area contributed by atoms with E-state index in [1.54, 1.807) is 20.8 Å². The molecule has 0 saturated carbocycles. The van der Waals surface area contributed by atoms with E-state index in [-0.39, 0.29) is 24.1 Å². The third-order valence-corrected chi connectivity index (χ3v) is 5.24. The first-order chi connectivity index (χ1) is 11.7. The van der Waals surface area contributed by atoms with Gasteiger partial charge in [0.1, 0.15) is 5.60 Å². The van der Waals surface area contributed by atoms with Crippen LogP contribution in [0.1, 0.15) is 53.9 Å². The molecule has 1 amide bonds. The van der Waals surface area contributed by atoms with Crippen LogP contribution in [0.5, 0.6) is 0 Å². The summed E-state index contributed by atoms with van der Waals surface area (Å²) in [6.45, 7) is 9.04. The Labute approximate surface area is 153 Å². The van der Waals surface area contributed by atoms with E-state index < -0.39 is 42.2 Å². The van der Waals surface area contributed by atoms with Crippen molar-refractivity contribution in [2.75, 3.05) is 0 Å². The topological polar surface area (TPSA) is 139 Å². The molecule has 0 heterocycles. The highest BCUT2D eigenvalue weighted by molar-refractivity contribution is 7.56. The van der Waals surface area contributed by atoms with Crippen LogP contribution in [0.25, 0.3) is 0 Å². The lowest BCUT2D eigenvalue weighted by molar-refractivity contribution is -0.533. The molecule has 1 aliphatic carbocycles. The van der Waals surface area contributed by atoms with Gasteiger partial charge < -0.3 is 19.8 Å². The van der Waals surface area contributed by atoms with Gasteiger partial charge >= 0.3 is 13.7 Å². The van der Waals surface area contributed by atoms with Crippen molar-refractivity contribution in [1.82, 2.24) is 5.32 Å². The van der Waals surface area contributed by atoms with Gasteiger partial charge in [0, 0.05) is 22.7 Å². The Morgan fingerprint density at radius 1 is 1.46 bits per heavy atom. The molecule has 0 aromatic heterocycles. The Morgan fingerprint density at radius 3 is 2.46 bits per heavy atom. The number of nitrogens with zero attached hydrogens (tertiary/aromatic N) is 1. The number of carbonyl (C=O) groups excluding carboxylic acids is 1. The number of hydrogen-bond acceptors (Lipinski definition) is 5. The lowest BCUT2D eigenvalue weighted by Gasteiger charge is -2.34. The van der Waals surface area contributed by atoms with Gasteiger partial charge in [-0.2, -0.15) is 0 Å². The minimum atomic E-state index is -4.51. The molecule has 0 radical (unpaired) electrons. The van der Waals surface area contributed by atoms with Crippen LogP contribution in [0.2, 0.25) is 0 Å². The summed E-state index contributed by atoms with van der Waals surface area (Å²) in [5.41, 5.74) is -0.699. The second-order valence-electron chi connectivity index (χ2n) is 8.08. The zero-order valence-electron chi connectivity index (χ0n) is 15.8. The van der Waals surface area contributed by atoms with Gasteiger partial charge in [-0.15, -0.1) is 0 Å². The van der Waals surface area contributed by atoms with Gasteiger partial charge in [0.15, 0.2) is 0 Å². The van der Waals surface area contributed by atoms with Crippen molar-refractivity contribution in [3.63, 3.8) is 0 Å². The molecular weight excluding hydrogens is 363 g/mol. The molecule has 0 spiro atoms. The highest BCUT2D eigenvalue weighted by Crippen LogP contribution is 2.50. The van der Waals surface area contributed by atoms with E-state index in [1.807, 2.05) is 13.8 Å². The maximum absolute atomic E-state index is 12.2. The van der Waals surface area contributed by atoms with Gasteiger partial charge in [-0.05, 0) is 39.5 Å². The van der Waals surface area contributed by atoms with Gasteiger partial charge in [0.25, 0.3) is 0 Å². The lowest BCUT2D eigenvalue weighted by atomic mass is 9.80. The summed E-state index contributed by atoms with van der Waals surface area (Å²) in [7, 11) is -4.51. The highest BCUT2D eigenvalue weighted by Gasteiger charge is 2.44. The van der Waals surface area contributed by atoms with E-state index in [1.165, 1.54) is 6.08 Å². The predicted molar refractivity (Wildman–Crippen MR) is 96.2 cm³/mol. The molecule has 150 valence electrons. The quantitative estimate of drug-likeness (QED) is 0.359. The largest absolute Gasteiger partial charge is 0.444 e. The monoisotopic (exact) mass is 392 g/mol. The molecule has 3 atom stereocenters. The summed E-state index contributed by atoms with van der Waals surface area (Å²) in [5, 5.41) is 14.0. The maximum atomic E-state index is 12.2. The van der Waals surface area contributed by atoms with Gasteiger partial charge in [-0.3, -0.25) is 14.7 Å². The molecule has 0 aromatic rings. The van der Waals surface area contributed by atoms with Crippen molar-refractivity contribution in [1.29, 1.82) is 0 Å². The Morgan fingerprint density at radius 2 is 2.04 bits per heavy atom. The normalized spacial score (nSPS) is 22.5. The fraction of sp³-hybridized carbons (Fsp3) is 0.812. The minimum Gasteiger partial charge on any atom is -0.444 e. The predicted octanol–water partition coefficient (Wildman–Crippen LogP) is 3.04. The Bertz CT molecular complexity index is 606. The minimum absolute atomic E-state index is 0.110. The smallest absolute Gasteiger partial charge is 0.407 e. The first-order valence-electron chi connectivity index (χ1n) is 8.59. The van der Waals surface area contributed by atoms with Crippen molar-refractivity contribution in [2.45, 2.75) is 71.6 Å². The molecule has 0 aromatic carbocycles. The van der Waals surface area contributed by atoms with Crippen LogP contribution >= 0.6 is 7.60 Å². The molecule has 0 fully saturated rings. The van der Waals surface area contributed by atoms with Crippen molar-refractivity contribution in [2.24, 2.45) is 11.8 Å². The van der Waals surface area contributed by atoms with Crippen molar-refractivity contribution in [3.05, 3.63) is 21.5 Å². The zero-order chi connectivity index (χ0) is 20.3. The lowest BCUT2D eigenvalue weighted by Crippen LogP contribution is -2.49. The second kappa shape index (κ2) is 8.50. The van der Waals surface area contributed by atoms with Gasteiger partial charge in [0.2, 0.25) is 6.04 Å². The Balaban J connectivity index is 3.07.